The Labute approximate surface area is 303 Å². The second kappa shape index (κ2) is 15.4. The highest BCUT2D eigenvalue weighted by Crippen LogP contribution is 2.58. The van der Waals surface area contributed by atoms with Crippen LogP contribution in [0.2, 0.25) is 0 Å². The first-order valence-electron chi connectivity index (χ1n) is 16.8. The zero-order valence-electron chi connectivity index (χ0n) is 28.2. The Morgan fingerprint density at radius 1 is 0.745 bits per heavy atom. The van der Waals surface area contributed by atoms with E-state index in [9.17, 15) is 14.4 Å². The van der Waals surface area contributed by atoms with Crippen molar-refractivity contribution in [2.24, 2.45) is 0 Å². The van der Waals surface area contributed by atoms with Crippen LogP contribution in [0.5, 0.6) is 5.75 Å². The number of esters is 1. The predicted octanol–water partition coefficient (Wildman–Crippen LogP) is 5.63. The number of thioether (sulfide) groups is 1. The van der Waals surface area contributed by atoms with E-state index in [1.165, 1.54) is 15.9 Å². The lowest BCUT2D eigenvalue weighted by Gasteiger charge is -2.50. The lowest BCUT2D eigenvalue weighted by atomic mass is 10.0. The molecule has 256 valence electrons. The summed E-state index contributed by atoms with van der Waals surface area (Å²) in [5.41, 5.74) is 2.79. The minimum Gasteiger partial charge on any atom is -0.497 e. The summed E-state index contributed by atoms with van der Waals surface area (Å²) < 4.78 is 11.3. The number of methoxy groups -OCH3 is 1. The van der Waals surface area contributed by atoms with Crippen LogP contribution >= 0.6 is 19.0 Å². The van der Waals surface area contributed by atoms with Crippen molar-refractivity contribution in [1.82, 2.24) is 10.2 Å². The van der Waals surface area contributed by atoms with Gasteiger partial charge in [-0.1, -0.05) is 97.1 Å². The van der Waals surface area contributed by atoms with Crippen LogP contribution in [0.4, 0.5) is 0 Å². The van der Waals surface area contributed by atoms with E-state index in [1.54, 1.807) is 23.8 Å². The number of rotatable bonds is 12. The van der Waals surface area contributed by atoms with Crippen molar-refractivity contribution >= 4 is 52.7 Å². The number of hydrogen-bond acceptors (Lipinski definition) is 6. The zero-order chi connectivity index (χ0) is 35.2. The molecule has 2 aliphatic heterocycles. The third-order valence-corrected chi connectivity index (χ3v) is 15.0. The Hall–Kier alpha value is -5.17. The molecule has 2 atom stereocenters. The van der Waals surface area contributed by atoms with Gasteiger partial charge in [-0.2, -0.15) is 0 Å². The van der Waals surface area contributed by atoms with Crippen molar-refractivity contribution in [3.63, 3.8) is 0 Å². The molecule has 0 spiro atoms. The van der Waals surface area contributed by atoms with Gasteiger partial charge in [0.15, 0.2) is 0 Å². The molecule has 9 heteroatoms. The number of nitrogens with zero attached hydrogens (tertiary/aromatic N) is 1. The largest absolute Gasteiger partial charge is 0.497 e. The van der Waals surface area contributed by atoms with Gasteiger partial charge in [-0.25, -0.2) is 4.79 Å². The number of hydrogen-bond donors (Lipinski definition) is 1. The maximum absolute atomic E-state index is 14.3. The average molecular weight is 714 g/mol. The molecule has 0 aliphatic carbocycles. The Morgan fingerprint density at radius 2 is 1.27 bits per heavy atom. The lowest BCUT2D eigenvalue weighted by molar-refractivity contribution is -0.153. The molecule has 5 aromatic carbocycles. The topological polar surface area (TPSA) is 84.9 Å². The fourth-order valence-electron chi connectivity index (χ4n) is 6.79. The van der Waals surface area contributed by atoms with Crippen LogP contribution in [0.1, 0.15) is 11.1 Å². The molecule has 0 bridgehead atoms. The molecule has 5 aromatic rings. The smallest absolute Gasteiger partial charge is 0.355 e. The van der Waals surface area contributed by atoms with Crippen molar-refractivity contribution in [3.8, 4) is 5.75 Å². The summed E-state index contributed by atoms with van der Waals surface area (Å²) in [6.45, 7) is 0.0348. The number of ether oxygens (including phenoxy) is 2. The van der Waals surface area contributed by atoms with Crippen LogP contribution in [-0.2, 0) is 32.1 Å². The van der Waals surface area contributed by atoms with E-state index >= 15 is 0 Å². The van der Waals surface area contributed by atoms with Crippen molar-refractivity contribution in [2.45, 2.75) is 24.4 Å². The number of β-lactam (4-membered cyclic amide) rings is 1. The highest BCUT2D eigenvalue weighted by Gasteiger charge is 2.56. The molecule has 0 saturated carbocycles. The van der Waals surface area contributed by atoms with Crippen LogP contribution in [0.25, 0.3) is 0 Å². The van der Waals surface area contributed by atoms with E-state index < -0.39 is 24.6 Å². The standard InChI is InChI=1S/C42H37N2O5PS/c1-48-33-24-22-31(23-25-33)27-49-42(47)39-32(29-51-41-38(40(46)44(39)41)43-37(45)26-30-14-6-2-7-15-30)28-50(34-16-8-3-9-17-34,35-18-10-4-11-19-35)36-20-12-5-13-21-36/h2-25,38,41H,26-29H2,1H3/p+1/t38?,41-/m1/s1. The third kappa shape index (κ3) is 7.07. The van der Waals surface area contributed by atoms with Gasteiger partial charge in [-0.3, -0.25) is 14.5 Å². The molecule has 1 unspecified atom stereocenters. The first-order valence-corrected chi connectivity index (χ1v) is 19.8. The third-order valence-electron chi connectivity index (χ3n) is 9.31. The molecule has 7 rings (SSSR count). The Kier molecular flexibility index (Phi) is 10.3. The highest BCUT2D eigenvalue weighted by molar-refractivity contribution is 8.00. The second-order valence-corrected chi connectivity index (χ2v) is 17.1. The van der Waals surface area contributed by atoms with Gasteiger partial charge in [0.2, 0.25) is 5.91 Å². The predicted molar refractivity (Wildman–Crippen MR) is 205 cm³/mol. The van der Waals surface area contributed by atoms with Crippen molar-refractivity contribution < 1.29 is 23.9 Å². The molecule has 0 aromatic heterocycles. The molecule has 7 nitrogen and oxygen atoms in total. The molecule has 2 heterocycles. The van der Waals surface area contributed by atoms with Crippen LogP contribution in [-0.4, -0.2) is 53.1 Å². The molecule has 2 aliphatic rings. The second-order valence-electron chi connectivity index (χ2n) is 12.5. The van der Waals surface area contributed by atoms with Crippen molar-refractivity contribution in [1.29, 1.82) is 0 Å². The molecule has 51 heavy (non-hydrogen) atoms. The van der Waals surface area contributed by atoms with E-state index in [0.29, 0.717) is 17.7 Å². The molecule has 1 fully saturated rings. The lowest BCUT2D eigenvalue weighted by Crippen LogP contribution is -2.70. The fraction of sp³-hybridized carbons (Fsp3) is 0.167. The quantitative estimate of drug-likeness (QED) is 0.103. The van der Waals surface area contributed by atoms with Crippen molar-refractivity contribution in [2.75, 3.05) is 19.0 Å². The first kappa shape index (κ1) is 34.3. The van der Waals surface area contributed by atoms with Gasteiger partial charge in [-0.05, 0) is 59.7 Å². The number of benzene rings is 5. The summed E-state index contributed by atoms with van der Waals surface area (Å²) >= 11 is 1.58. The summed E-state index contributed by atoms with van der Waals surface area (Å²) in [5, 5.41) is 6.05. The maximum Gasteiger partial charge on any atom is 0.355 e. The highest BCUT2D eigenvalue weighted by atomic mass is 32.2. The minimum atomic E-state index is -2.40. The normalized spacial score (nSPS) is 16.9. The van der Waals surface area contributed by atoms with Gasteiger partial charge in [0.05, 0.1) is 19.7 Å². The molecule has 0 radical (unpaired) electrons. The van der Waals surface area contributed by atoms with E-state index in [-0.39, 0.29) is 30.5 Å². The molecule has 2 amide bonds. The first-order chi connectivity index (χ1) is 25.0. The summed E-state index contributed by atoms with van der Waals surface area (Å²) in [5.74, 6) is 0.101. The van der Waals surface area contributed by atoms with Crippen LogP contribution in [0.3, 0.4) is 0 Å². The van der Waals surface area contributed by atoms with Gasteiger partial charge in [0.1, 0.15) is 52.6 Å². The van der Waals surface area contributed by atoms with E-state index in [1.807, 2.05) is 72.8 Å². The van der Waals surface area contributed by atoms with Gasteiger partial charge < -0.3 is 14.8 Å². The number of carbonyl (C=O) groups is 3. The monoisotopic (exact) mass is 713 g/mol. The summed E-state index contributed by atoms with van der Waals surface area (Å²) in [6, 6.07) is 47.4. The SMILES string of the molecule is COc1ccc(COC(=O)C2=C(C[P+](c3ccccc3)(c3ccccc3)c3ccccc3)CS[C@@H]3C(NC(=O)Cc4ccccc4)C(=O)N23)cc1. The fourth-order valence-corrected chi connectivity index (χ4v) is 12.6. The van der Waals surface area contributed by atoms with Crippen molar-refractivity contribution in [3.05, 3.63) is 168 Å². The number of amides is 2. The van der Waals surface area contributed by atoms with Crippen LogP contribution in [0.15, 0.2) is 157 Å². The van der Waals surface area contributed by atoms with E-state index in [0.717, 1.165) is 16.7 Å². The number of nitrogens with one attached hydrogen (secondary N) is 1. The van der Waals surface area contributed by atoms with E-state index in [4.69, 9.17) is 9.47 Å². The maximum atomic E-state index is 14.3. The Balaban J connectivity index is 1.27. The molecular weight excluding hydrogens is 676 g/mol. The van der Waals surface area contributed by atoms with Gasteiger partial charge in [-0.15, -0.1) is 11.8 Å². The molecule has 1 saturated heterocycles. The number of carbonyl (C=O) groups excluding carboxylic acids is 3. The van der Waals surface area contributed by atoms with Gasteiger partial charge >= 0.3 is 5.97 Å². The van der Waals surface area contributed by atoms with Gasteiger partial charge in [0, 0.05) is 11.3 Å². The van der Waals surface area contributed by atoms with E-state index in [2.05, 4.69) is 78.1 Å². The summed E-state index contributed by atoms with van der Waals surface area (Å²) in [7, 11) is -0.802. The Bertz CT molecular complexity index is 1930. The summed E-state index contributed by atoms with van der Waals surface area (Å²) in [6.07, 6.45) is 0.699. The molecule has 1 N–H and O–H groups in total. The Morgan fingerprint density at radius 3 is 1.80 bits per heavy atom. The van der Waals surface area contributed by atoms with Crippen LogP contribution < -0.4 is 26.0 Å². The molecular formula is C42H38N2O5PS+. The summed E-state index contributed by atoms with van der Waals surface area (Å²) in [4.78, 5) is 43.0. The average Bonchev–Trinajstić information content (AvgIpc) is 3.19. The minimum absolute atomic E-state index is 0.0348. The number of fused-ring (bicyclic) bond motifs is 1. The van der Waals surface area contributed by atoms with Gasteiger partial charge in [0.25, 0.3) is 5.91 Å². The zero-order valence-corrected chi connectivity index (χ0v) is 29.9. The van der Waals surface area contributed by atoms with Crippen LogP contribution in [0, 0.1) is 0 Å².